The summed E-state index contributed by atoms with van der Waals surface area (Å²) in [5.41, 5.74) is 0. The van der Waals surface area contributed by atoms with Crippen LogP contribution in [0.2, 0.25) is 0 Å². The molecule has 2 heteroatoms. The molecular weight excluding hydrogens is 153 g/mol. The second kappa shape index (κ2) is 10.9. The maximum absolute atomic E-state index is 2.26. The first-order chi connectivity index (χ1) is 5.27. The molecule has 0 saturated heterocycles. The molecule has 0 fully saturated rings. The highest BCUT2D eigenvalue weighted by molar-refractivity contribution is 4.46. The topological polar surface area (TPSA) is 3.24 Å². The fourth-order valence-corrected chi connectivity index (χ4v) is 1.21. The van der Waals surface area contributed by atoms with Gasteiger partial charge in [-0.25, -0.2) is 0 Å². The highest BCUT2D eigenvalue weighted by Gasteiger charge is 1.90. The maximum atomic E-state index is 2.26. The molecule has 0 aliphatic heterocycles. The number of nitrogens with zero attached hydrogens (tertiary/aromatic N) is 1. The van der Waals surface area contributed by atoms with E-state index < -0.39 is 0 Å². The van der Waals surface area contributed by atoms with Crippen LogP contribution in [0.1, 0.15) is 45.4 Å². The number of hydrogen-bond acceptors (Lipinski definition) is 1. The lowest BCUT2D eigenvalue weighted by molar-refractivity contribution is 0.389. The van der Waals surface area contributed by atoms with E-state index in [1.165, 1.54) is 45.1 Å². The van der Waals surface area contributed by atoms with Crippen LogP contribution in [0.15, 0.2) is 0 Å². The van der Waals surface area contributed by atoms with Gasteiger partial charge in [-0.3, -0.25) is 4.70 Å². The van der Waals surface area contributed by atoms with E-state index in [9.17, 15) is 0 Å². The Balaban J connectivity index is 0. The van der Waals surface area contributed by atoms with Crippen molar-refractivity contribution in [1.82, 2.24) is 4.90 Å². The second-order valence-electron chi connectivity index (χ2n) is 3.57. The minimum atomic E-state index is 0. The molecule has 0 aromatic heterocycles. The summed E-state index contributed by atoms with van der Waals surface area (Å²) in [6.07, 6.45) is 8.43. The first kappa shape index (κ1) is 14.4. The van der Waals surface area contributed by atoms with Crippen LogP contribution in [0, 0.1) is 0 Å². The van der Waals surface area contributed by atoms with Crippen LogP contribution in [-0.2, 0) is 0 Å². The quantitative estimate of drug-likeness (QED) is 0.540. The van der Waals surface area contributed by atoms with E-state index in [1.54, 1.807) is 0 Å². The van der Waals surface area contributed by atoms with Gasteiger partial charge in [0.15, 0.2) is 0 Å². The minimum Gasteiger partial charge on any atom is -0.309 e. The Kier molecular flexibility index (Phi) is 13.1. The molecule has 0 aliphatic carbocycles. The molecule has 0 bridgehead atoms. The van der Waals surface area contributed by atoms with Gasteiger partial charge in [-0.1, -0.05) is 39.0 Å². The molecule has 0 rings (SSSR count). The molecule has 1 nitrogen and oxygen atoms in total. The smallest absolute Gasteiger partial charge is 0.00248 e. The average Bonchev–Trinajstić information content (AvgIpc) is 1.96. The Morgan fingerprint density at radius 2 is 1.33 bits per heavy atom. The maximum Gasteiger partial charge on any atom is -0.00248 e. The Bertz CT molecular complexity index is 74.2. The summed E-state index contributed by atoms with van der Waals surface area (Å²) in [7, 11) is 4.29. The molecule has 0 spiro atoms. The van der Waals surface area contributed by atoms with Gasteiger partial charge in [0, 0.05) is 0 Å². The summed E-state index contributed by atoms with van der Waals surface area (Å²) in [6, 6.07) is 0. The van der Waals surface area contributed by atoms with Crippen molar-refractivity contribution >= 4 is 0 Å². The van der Waals surface area contributed by atoms with Crippen molar-refractivity contribution in [3.8, 4) is 0 Å². The molecule has 0 unspecified atom stereocenters. The van der Waals surface area contributed by atoms with Crippen LogP contribution in [-0.4, -0.2) is 25.5 Å². The lowest BCUT2D eigenvalue weighted by atomic mass is 10.1. The second-order valence-corrected chi connectivity index (χ2v) is 3.57. The first-order valence-corrected chi connectivity index (χ1v) is 4.92. The summed E-state index contributed by atoms with van der Waals surface area (Å²) >= 11 is 0. The van der Waals surface area contributed by atoms with Gasteiger partial charge in [0.25, 0.3) is 0 Å². The summed E-state index contributed by atoms with van der Waals surface area (Å²) in [6.45, 7) is 3.52. The predicted molar refractivity (Wildman–Crippen MR) is 54.4 cm³/mol. The third kappa shape index (κ3) is 12.6. The Morgan fingerprint density at radius 3 is 1.83 bits per heavy atom. The molecule has 0 heterocycles. The third-order valence-corrected chi connectivity index (χ3v) is 1.96. The highest BCUT2D eigenvalue weighted by Crippen LogP contribution is 2.04. The SMILES string of the molecule is CCCCCCCCN(C)C.F. The molecule has 0 amide bonds. The van der Waals surface area contributed by atoms with Gasteiger partial charge >= 0.3 is 0 Å². The zero-order valence-electron chi connectivity index (χ0n) is 8.81. The Morgan fingerprint density at radius 1 is 0.833 bits per heavy atom. The molecule has 0 aromatic rings. The van der Waals surface area contributed by atoms with Crippen LogP contribution in [0.3, 0.4) is 0 Å². The van der Waals surface area contributed by atoms with Crippen molar-refractivity contribution in [2.45, 2.75) is 45.4 Å². The van der Waals surface area contributed by atoms with Crippen molar-refractivity contribution in [2.24, 2.45) is 0 Å². The zero-order valence-corrected chi connectivity index (χ0v) is 8.81. The molecule has 12 heavy (non-hydrogen) atoms. The largest absolute Gasteiger partial charge is 0.309 e. The van der Waals surface area contributed by atoms with Crippen molar-refractivity contribution in [3.05, 3.63) is 0 Å². The normalized spacial score (nSPS) is 10.0. The van der Waals surface area contributed by atoms with Crippen molar-refractivity contribution in [2.75, 3.05) is 20.6 Å². The summed E-state index contributed by atoms with van der Waals surface area (Å²) in [5.74, 6) is 0. The predicted octanol–water partition coefficient (Wildman–Crippen LogP) is 3.06. The molecule has 0 aromatic carbocycles. The Hall–Kier alpha value is -0.110. The molecule has 0 N–H and O–H groups in total. The van der Waals surface area contributed by atoms with Gasteiger partial charge in [-0.15, -0.1) is 0 Å². The van der Waals surface area contributed by atoms with Gasteiger partial charge in [-0.05, 0) is 27.1 Å². The standard InChI is InChI=1S/C10H23N.FH/c1-4-5-6-7-8-9-10-11(2)3;/h4-10H2,1-3H3;1H. The number of hydrogen-bond donors (Lipinski definition) is 0. The van der Waals surface area contributed by atoms with Crippen molar-refractivity contribution in [3.63, 3.8) is 0 Å². The number of halogens is 1. The van der Waals surface area contributed by atoms with E-state index in [1.807, 2.05) is 0 Å². The van der Waals surface area contributed by atoms with E-state index in [-0.39, 0.29) is 4.70 Å². The molecule has 0 aliphatic rings. The molecule has 0 saturated carbocycles. The lowest BCUT2D eigenvalue weighted by Gasteiger charge is -2.08. The molecule has 0 atom stereocenters. The van der Waals surface area contributed by atoms with Gasteiger partial charge in [-0.2, -0.15) is 0 Å². The van der Waals surface area contributed by atoms with E-state index in [4.69, 9.17) is 0 Å². The molecule has 0 radical (unpaired) electrons. The van der Waals surface area contributed by atoms with E-state index in [0.29, 0.717) is 0 Å². The fraction of sp³-hybridized carbons (Fsp3) is 1.00. The van der Waals surface area contributed by atoms with E-state index in [2.05, 4.69) is 25.9 Å². The number of rotatable bonds is 7. The molecule has 76 valence electrons. The van der Waals surface area contributed by atoms with Gasteiger partial charge in [0.05, 0.1) is 0 Å². The zero-order chi connectivity index (χ0) is 8.53. The van der Waals surface area contributed by atoms with E-state index >= 15 is 0 Å². The monoisotopic (exact) mass is 177 g/mol. The van der Waals surface area contributed by atoms with Gasteiger partial charge < -0.3 is 4.90 Å². The van der Waals surface area contributed by atoms with Crippen LogP contribution < -0.4 is 0 Å². The summed E-state index contributed by atoms with van der Waals surface area (Å²) in [5, 5.41) is 0. The minimum absolute atomic E-state index is 0. The van der Waals surface area contributed by atoms with Crippen molar-refractivity contribution in [1.29, 1.82) is 0 Å². The number of unbranched alkanes of at least 4 members (excludes halogenated alkanes) is 5. The third-order valence-electron chi connectivity index (χ3n) is 1.96. The van der Waals surface area contributed by atoms with Crippen LogP contribution in [0.4, 0.5) is 4.70 Å². The van der Waals surface area contributed by atoms with Crippen molar-refractivity contribution < 1.29 is 4.70 Å². The average molecular weight is 177 g/mol. The van der Waals surface area contributed by atoms with Crippen LogP contribution >= 0.6 is 0 Å². The first-order valence-electron chi connectivity index (χ1n) is 4.92. The van der Waals surface area contributed by atoms with Gasteiger partial charge in [0.2, 0.25) is 0 Å². The molecular formula is C10H24FN. The summed E-state index contributed by atoms with van der Waals surface area (Å²) in [4.78, 5) is 2.26. The lowest BCUT2D eigenvalue weighted by Crippen LogP contribution is -2.12. The summed E-state index contributed by atoms with van der Waals surface area (Å²) < 4.78 is 0. The van der Waals surface area contributed by atoms with Gasteiger partial charge in [0.1, 0.15) is 0 Å². The highest BCUT2D eigenvalue weighted by atomic mass is 19.0. The van der Waals surface area contributed by atoms with E-state index in [0.717, 1.165) is 0 Å². The Labute approximate surface area is 76.5 Å². The van der Waals surface area contributed by atoms with Crippen LogP contribution in [0.25, 0.3) is 0 Å². The van der Waals surface area contributed by atoms with Crippen LogP contribution in [0.5, 0.6) is 0 Å². The fourth-order valence-electron chi connectivity index (χ4n) is 1.21.